The average Bonchev–Trinajstić information content (AvgIpc) is 2.46. The molecule has 0 radical (unpaired) electrons. The summed E-state index contributed by atoms with van der Waals surface area (Å²) in [4.78, 5) is 10.7. The fourth-order valence-corrected chi connectivity index (χ4v) is 3.14. The SMILES string of the molecule is O=[N+]([O-])c1cc(Br)ccc1CNC1CCCCC1CO. The summed E-state index contributed by atoms with van der Waals surface area (Å²) in [6.45, 7) is 0.644. The van der Waals surface area contributed by atoms with Crippen molar-refractivity contribution in [1.82, 2.24) is 5.32 Å². The first-order valence-electron chi connectivity index (χ1n) is 6.89. The zero-order valence-corrected chi connectivity index (χ0v) is 12.8. The lowest BCUT2D eigenvalue weighted by Gasteiger charge is -2.31. The highest BCUT2D eigenvalue weighted by atomic mass is 79.9. The second-order valence-electron chi connectivity index (χ2n) is 5.24. The summed E-state index contributed by atoms with van der Waals surface area (Å²) in [6.07, 6.45) is 4.35. The van der Waals surface area contributed by atoms with Gasteiger partial charge in [-0.15, -0.1) is 0 Å². The van der Waals surface area contributed by atoms with E-state index in [1.54, 1.807) is 6.07 Å². The number of aliphatic hydroxyl groups is 1. The fourth-order valence-electron chi connectivity index (χ4n) is 2.79. The lowest BCUT2D eigenvalue weighted by atomic mass is 9.85. The van der Waals surface area contributed by atoms with E-state index in [2.05, 4.69) is 21.2 Å². The summed E-state index contributed by atoms with van der Waals surface area (Å²) in [5.74, 6) is 0.262. The summed E-state index contributed by atoms with van der Waals surface area (Å²) in [5, 5.41) is 23.8. The molecule has 0 bridgehead atoms. The van der Waals surface area contributed by atoms with Crippen LogP contribution < -0.4 is 5.32 Å². The van der Waals surface area contributed by atoms with Gasteiger partial charge in [0.25, 0.3) is 5.69 Å². The van der Waals surface area contributed by atoms with Gasteiger partial charge in [-0.3, -0.25) is 10.1 Å². The second-order valence-corrected chi connectivity index (χ2v) is 6.16. The number of hydrogen-bond donors (Lipinski definition) is 2. The molecule has 0 heterocycles. The summed E-state index contributed by atoms with van der Waals surface area (Å²) >= 11 is 3.26. The number of rotatable bonds is 5. The van der Waals surface area contributed by atoms with Crippen molar-refractivity contribution in [2.45, 2.75) is 38.3 Å². The van der Waals surface area contributed by atoms with Crippen LogP contribution in [0, 0.1) is 16.0 Å². The Morgan fingerprint density at radius 1 is 1.40 bits per heavy atom. The van der Waals surface area contributed by atoms with Gasteiger partial charge >= 0.3 is 0 Å². The minimum atomic E-state index is -0.355. The van der Waals surface area contributed by atoms with Crippen LogP contribution in [0.4, 0.5) is 5.69 Å². The number of benzene rings is 1. The maximum absolute atomic E-state index is 11.1. The Morgan fingerprint density at radius 3 is 2.85 bits per heavy atom. The molecule has 2 unspecified atom stereocenters. The number of halogens is 1. The monoisotopic (exact) mass is 342 g/mol. The molecule has 1 aromatic rings. The van der Waals surface area contributed by atoms with Crippen LogP contribution in [0.5, 0.6) is 0 Å². The molecule has 2 atom stereocenters. The van der Waals surface area contributed by atoms with E-state index in [4.69, 9.17) is 0 Å². The fraction of sp³-hybridized carbons (Fsp3) is 0.571. The van der Waals surface area contributed by atoms with E-state index in [0.717, 1.165) is 25.7 Å². The molecule has 0 saturated heterocycles. The number of nitrogens with zero attached hydrogens (tertiary/aromatic N) is 1. The Kier molecular flexibility index (Phi) is 5.51. The topological polar surface area (TPSA) is 75.4 Å². The lowest BCUT2D eigenvalue weighted by molar-refractivity contribution is -0.385. The van der Waals surface area contributed by atoms with Crippen molar-refractivity contribution in [3.8, 4) is 0 Å². The molecule has 1 fully saturated rings. The summed E-state index contributed by atoms with van der Waals surface area (Å²) in [5.41, 5.74) is 0.809. The van der Waals surface area contributed by atoms with Gasteiger partial charge in [0.2, 0.25) is 0 Å². The van der Waals surface area contributed by atoms with Gasteiger partial charge < -0.3 is 10.4 Å². The molecular weight excluding hydrogens is 324 g/mol. The van der Waals surface area contributed by atoms with E-state index in [-0.39, 0.29) is 29.2 Å². The van der Waals surface area contributed by atoms with Crippen LogP contribution in [-0.2, 0) is 6.54 Å². The van der Waals surface area contributed by atoms with Crippen molar-refractivity contribution in [3.05, 3.63) is 38.3 Å². The van der Waals surface area contributed by atoms with Gasteiger partial charge in [0.05, 0.1) is 4.92 Å². The van der Waals surface area contributed by atoms with Gasteiger partial charge in [-0.25, -0.2) is 0 Å². The Bertz CT molecular complexity index is 481. The van der Waals surface area contributed by atoms with Crippen molar-refractivity contribution < 1.29 is 10.0 Å². The maximum Gasteiger partial charge on any atom is 0.275 e. The molecule has 20 heavy (non-hydrogen) atoms. The molecular formula is C14H19BrN2O3. The molecule has 2 rings (SSSR count). The normalized spacial score (nSPS) is 22.7. The van der Waals surface area contributed by atoms with Gasteiger partial charge in [-0.2, -0.15) is 0 Å². The van der Waals surface area contributed by atoms with Crippen molar-refractivity contribution in [1.29, 1.82) is 0 Å². The van der Waals surface area contributed by atoms with Crippen LogP contribution >= 0.6 is 15.9 Å². The van der Waals surface area contributed by atoms with Crippen LogP contribution in [0.25, 0.3) is 0 Å². The smallest absolute Gasteiger partial charge is 0.275 e. The van der Waals surface area contributed by atoms with Gasteiger partial charge in [-0.05, 0) is 30.9 Å². The minimum Gasteiger partial charge on any atom is -0.396 e. The first kappa shape index (κ1) is 15.4. The number of aliphatic hydroxyl groups excluding tert-OH is 1. The van der Waals surface area contributed by atoms with E-state index in [9.17, 15) is 15.2 Å². The molecule has 0 aliphatic heterocycles. The molecule has 110 valence electrons. The molecule has 5 nitrogen and oxygen atoms in total. The Morgan fingerprint density at radius 2 is 2.15 bits per heavy atom. The molecule has 6 heteroatoms. The molecule has 2 N–H and O–H groups in total. The van der Waals surface area contributed by atoms with Gasteiger partial charge in [0.1, 0.15) is 0 Å². The van der Waals surface area contributed by atoms with Crippen LogP contribution in [-0.4, -0.2) is 22.7 Å². The zero-order chi connectivity index (χ0) is 14.5. The van der Waals surface area contributed by atoms with Crippen LogP contribution in [0.2, 0.25) is 0 Å². The minimum absolute atomic E-state index is 0.128. The molecule has 0 aromatic heterocycles. The van der Waals surface area contributed by atoms with Gasteiger partial charge in [0, 0.05) is 35.3 Å². The highest BCUT2D eigenvalue weighted by Crippen LogP contribution is 2.26. The second kappa shape index (κ2) is 7.15. The number of hydrogen-bond acceptors (Lipinski definition) is 4. The van der Waals surface area contributed by atoms with Gasteiger partial charge in [0.15, 0.2) is 0 Å². The first-order valence-corrected chi connectivity index (χ1v) is 7.68. The van der Waals surface area contributed by atoms with Crippen LogP contribution in [0.1, 0.15) is 31.2 Å². The maximum atomic E-state index is 11.1. The third-order valence-corrected chi connectivity index (χ3v) is 4.44. The molecule has 1 aliphatic rings. The Labute approximate surface area is 126 Å². The molecule has 1 saturated carbocycles. The predicted molar refractivity (Wildman–Crippen MR) is 80.5 cm³/mol. The Hall–Kier alpha value is -0.980. The van der Waals surface area contributed by atoms with Crippen molar-refractivity contribution in [2.24, 2.45) is 5.92 Å². The highest BCUT2D eigenvalue weighted by molar-refractivity contribution is 9.10. The summed E-state index contributed by atoms with van der Waals surface area (Å²) in [7, 11) is 0. The van der Waals surface area contributed by atoms with Gasteiger partial charge in [-0.1, -0.05) is 28.8 Å². The van der Waals surface area contributed by atoms with Crippen LogP contribution in [0.3, 0.4) is 0 Å². The third-order valence-electron chi connectivity index (χ3n) is 3.94. The first-order chi connectivity index (χ1) is 9.61. The molecule has 0 spiro atoms. The molecule has 1 aliphatic carbocycles. The highest BCUT2D eigenvalue weighted by Gasteiger charge is 2.24. The van der Waals surface area contributed by atoms with E-state index in [1.807, 2.05) is 6.07 Å². The Balaban J connectivity index is 2.04. The largest absolute Gasteiger partial charge is 0.396 e. The standard InChI is InChI=1S/C14H19BrN2O3/c15-12-6-5-10(14(7-12)17(19)20)8-16-13-4-2-1-3-11(13)9-18/h5-7,11,13,16,18H,1-4,8-9H2. The van der Waals surface area contributed by atoms with E-state index in [0.29, 0.717) is 16.6 Å². The van der Waals surface area contributed by atoms with Crippen molar-refractivity contribution in [3.63, 3.8) is 0 Å². The zero-order valence-electron chi connectivity index (χ0n) is 11.2. The van der Waals surface area contributed by atoms with Crippen LogP contribution in [0.15, 0.2) is 22.7 Å². The molecule has 1 aromatic carbocycles. The quantitative estimate of drug-likeness (QED) is 0.637. The van der Waals surface area contributed by atoms with Crippen molar-refractivity contribution >= 4 is 21.6 Å². The van der Waals surface area contributed by atoms with E-state index < -0.39 is 0 Å². The number of nitro groups is 1. The average molecular weight is 343 g/mol. The van der Waals surface area contributed by atoms with Crippen molar-refractivity contribution in [2.75, 3.05) is 6.61 Å². The number of nitro benzene ring substituents is 1. The third kappa shape index (κ3) is 3.77. The summed E-state index contributed by atoms with van der Waals surface area (Å²) < 4.78 is 0.707. The summed E-state index contributed by atoms with van der Waals surface area (Å²) in [6, 6.07) is 5.36. The van der Waals surface area contributed by atoms with E-state index in [1.165, 1.54) is 6.07 Å². The predicted octanol–water partition coefficient (Wildman–Crippen LogP) is 3.00. The molecule has 0 amide bonds. The number of nitrogens with one attached hydrogen (secondary N) is 1. The lowest BCUT2D eigenvalue weighted by Crippen LogP contribution is -2.39. The van der Waals surface area contributed by atoms with E-state index >= 15 is 0 Å².